The second-order valence-electron chi connectivity index (χ2n) is 7.74. The van der Waals surface area contributed by atoms with E-state index in [1.807, 2.05) is 0 Å². The van der Waals surface area contributed by atoms with E-state index < -0.39 is 38.3 Å². The number of sulfonamides is 1. The quantitative estimate of drug-likeness (QED) is 0.255. The Hall–Kier alpha value is -3.91. The summed E-state index contributed by atoms with van der Waals surface area (Å²) in [7, 11) is -4.41. The van der Waals surface area contributed by atoms with E-state index in [1.54, 1.807) is 36.4 Å². The average Bonchev–Trinajstić information content (AvgIpc) is 2.84. The molecule has 1 atom stereocenters. The Morgan fingerprint density at radius 2 is 1.42 bits per heavy atom. The zero-order valence-corrected chi connectivity index (χ0v) is 20.8. The van der Waals surface area contributed by atoms with Gasteiger partial charge in [-0.05, 0) is 59.7 Å². The van der Waals surface area contributed by atoms with Crippen molar-refractivity contribution in [2.24, 2.45) is 5.14 Å². The molecule has 0 radical (unpaired) electrons. The van der Waals surface area contributed by atoms with Crippen LogP contribution in [-0.2, 0) is 21.3 Å². The third-order valence-electron chi connectivity index (χ3n) is 5.07. The Labute approximate surface area is 218 Å². The second kappa shape index (κ2) is 10.8. The molecule has 0 bridgehead atoms. The summed E-state index contributed by atoms with van der Waals surface area (Å²) in [6, 6.07) is 23.4. The van der Waals surface area contributed by atoms with Gasteiger partial charge in [-0.2, -0.15) is 0 Å². The zero-order valence-electron chi connectivity index (χ0n) is 19.2. The topological polar surface area (TPSA) is 119 Å². The monoisotopic (exact) mass is 564 g/mol. The highest BCUT2D eigenvalue weighted by Gasteiger charge is 2.31. The minimum atomic E-state index is -4.88. The van der Waals surface area contributed by atoms with Crippen LogP contribution in [-0.4, -0.2) is 23.5 Å². The molecule has 0 saturated heterocycles. The molecule has 0 amide bonds. The minimum Gasteiger partial charge on any atom is -0.457 e. The van der Waals surface area contributed by atoms with Crippen LogP contribution in [0.2, 0.25) is 0 Å². The highest BCUT2D eigenvalue weighted by molar-refractivity contribution is 7.89. The third kappa shape index (κ3) is 6.69. The van der Waals surface area contributed by atoms with Gasteiger partial charge < -0.3 is 9.47 Å². The van der Waals surface area contributed by atoms with Gasteiger partial charge in [0.05, 0.1) is 11.4 Å². The minimum absolute atomic E-state index is 0.0621. The second-order valence-corrected chi connectivity index (χ2v) is 10.1. The highest BCUT2D eigenvalue weighted by Crippen LogP contribution is 2.37. The normalized spacial score (nSPS) is 12.6. The van der Waals surface area contributed by atoms with Crippen LogP contribution in [0.15, 0.2) is 102 Å². The van der Waals surface area contributed by atoms with Gasteiger partial charge in [0.15, 0.2) is 0 Å². The fourth-order valence-electron chi connectivity index (χ4n) is 3.58. The maximum Gasteiger partial charge on any atom is 0.573 e. The molecule has 0 aliphatic heterocycles. The number of benzene rings is 4. The standard InChI is InChI=1S/C25H19F3N2O6S2/c26-25(27,28)36-22-11-5-7-18(15-22)17-6-4-8-19(14-17)30(37(31)32)23-13-12-21(16-24(23)38(29,33)34)35-20-9-2-1-3-10-20/h1-16H,(H,31,32)(H2,29,33,34). The fraction of sp³-hybridized carbons (Fsp3) is 0.0400. The van der Waals surface area contributed by atoms with Crippen LogP contribution in [0.25, 0.3) is 11.1 Å². The summed E-state index contributed by atoms with van der Waals surface area (Å²) < 4.78 is 95.9. The number of ether oxygens (including phenoxy) is 2. The van der Waals surface area contributed by atoms with E-state index in [2.05, 4.69) is 4.74 Å². The maximum atomic E-state index is 12.6. The van der Waals surface area contributed by atoms with Crippen molar-refractivity contribution < 1.29 is 39.8 Å². The molecule has 4 rings (SSSR count). The van der Waals surface area contributed by atoms with Gasteiger partial charge in [-0.3, -0.25) is 4.55 Å². The molecule has 0 heterocycles. The Kier molecular flexibility index (Phi) is 7.73. The van der Waals surface area contributed by atoms with E-state index in [9.17, 15) is 30.4 Å². The first-order valence-corrected chi connectivity index (χ1v) is 13.3. The number of nitrogens with two attached hydrogens (primary N) is 1. The maximum absolute atomic E-state index is 12.6. The third-order valence-corrected chi connectivity index (χ3v) is 6.73. The van der Waals surface area contributed by atoms with E-state index in [-0.39, 0.29) is 17.1 Å². The van der Waals surface area contributed by atoms with Crippen molar-refractivity contribution in [3.05, 3.63) is 97.1 Å². The van der Waals surface area contributed by atoms with Gasteiger partial charge in [0.1, 0.15) is 22.1 Å². The van der Waals surface area contributed by atoms with Gasteiger partial charge in [-0.25, -0.2) is 22.1 Å². The lowest BCUT2D eigenvalue weighted by Crippen LogP contribution is -2.23. The Balaban J connectivity index is 1.76. The van der Waals surface area contributed by atoms with Crippen molar-refractivity contribution in [3.8, 4) is 28.4 Å². The molecule has 0 aromatic heterocycles. The molecule has 0 aliphatic rings. The smallest absolute Gasteiger partial charge is 0.457 e. The first kappa shape index (κ1) is 27.1. The summed E-state index contributed by atoms with van der Waals surface area (Å²) in [5.41, 5.74) is 0.523. The van der Waals surface area contributed by atoms with Gasteiger partial charge in [0, 0.05) is 6.07 Å². The summed E-state index contributed by atoms with van der Waals surface area (Å²) in [6.45, 7) is 0. The zero-order chi connectivity index (χ0) is 27.5. The predicted octanol–water partition coefficient (Wildman–Crippen LogP) is 5.97. The van der Waals surface area contributed by atoms with Crippen LogP contribution < -0.4 is 18.9 Å². The van der Waals surface area contributed by atoms with Crippen molar-refractivity contribution in [1.29, 1.82) is 0 Å². The van der Waals surface area contributed by atoms with Crippen molar-refractivity contribution in [2.45, 2.75) is 11.3 Å². The van der Waals surface area contributed by atoms with Crippen molar-refractivity contribution in [2.75, 3.05) is 4.31 Å². The Bertz CT molecular complexity index is 1580. The number of rotatable bonds is 8. The van der Waals surface area contributed by atoms with Crippen LogP contribution >= 0.6 is 0 Å². The van der Waals surface area contributed by atoms with E-state index >= 15 is 0 Å². The van der Waals surface area contributed by atoms with Crippen molar-refractivity contribution >= 4 is 32.7 Å². The van der Waals surface area contributed by atoms with E-state index in [0.717, 1.165) is 22.5 Å². The van der Waals surface area contributed by atoms with Crippen LogP contribution in [0.4, 0.5) is 24.5 Å². The van der Waals surface area contributed by atoms with Gasteiger partial charge in [0.25, 0.3) is 11.3 Å². The lowest BCUT2D eigenvalue weighted by molar-refractivity contribution is -0.274. The molecule has 38 heavy (non-hydrogen) atoms. The number of para-hydroxylation sites is 1. The molecule has 8 nitrogen and oxygen atoms in total. The molecular formula is C25H19F3N2O6S2. The molecule has 4 aromatic rings. The first-order valence-electron chi connectivity index (χ1n) is 10.7. The number of anilines is 2. The van der Waals surface area contributed by atoms with Gasteiger partial charge in [-0.15, -0.1) is 13.2 Å². The SMILES string of the molecule is NS(=O)(=O)c1cc(Oc2ccccc2)ccc1N(c1cccc(-c2cccc(OC(F)(F)F)c2)c1)S(=O)O. The van der Waals surface area contributed by atoms with Crippen LogP contribution in [0, 0.1) is 0 Å². The van der Waals surface area contributed by atoms with Gasteiger partial charge in [-0.1, -0.05) is 42.5 Å². The molecule has 198 valence electrons. The molecule has 3 N–H and O–H groups in total. The number of primary sulfonamides is 1. The van der Waals surface area contributed by atoms with Crippen LogP contribution in [0.5, 0.6) is 17.2 Å². The van der Waals surface area contributed by atoms with Crippen molar-refractivity contribution in [1.82, 2.24) is 0 Å². The largest absolute Gasteiger partial charge is 0.573 e. The number of hydrogen-bond donors (Lipinski definition) is 2. The van der Waals surface area contributed by atoms with Crippen LogP contribution in [0.1, 0.15) is 0 Å². The van der Waals surface area contributed by atoms with E-state index in [4.69, 9.17) is 9.88 Å². The van der Waals surface area contributed by atoms with Gasteiger partial charge >= 0.3 is 6.36 Å². The molecular weight excluding hydrogens is 545 g/mol. The van der Waals surface area contributed by atoms with Crippen molar-refractivity contribution in [3.63, 3.8) is 0 Å². The molecule has 1 unspecified atom stereocenters. The lowest BCUT2D eigenvalue weighted by atomic mass is 10.0. The summed E-state index contributed by atoms with van der Waals surface area (Å²) in [5, 5.41) is 5.43. The van der Waals surface area contributed by atoms with Crippen LogP contribution in [0.3, 0.4) is 0 Å². The number of hydrogen-bond acceptors (Lipinski definition) is 5. The molecule has 0 saturated carbocycles. The van der Waals surface area contributed by atoms with Gasteiger partial charge in [0.2, 0.25) is 10.0 Å². The predicted molar refractivity (Wildman–Crippen MR) is 136 cm³/mol. The fourth-order valence-corrected chi connectivity index (χ4v) is 4.99. The summed E-state index contributed by atoms with van der Waals surface area (Å²) in [6.07, 6.45) is -4.88. The lowest BCUT2D eigenvalue weighted by Gasteiger charge is -2.23. The molecule has 0 aliphatic carbocycles. The molecule has 0 fully saturated rings. The molecule has 4 aromatic carbocycles. The van der Waals surface area contributed by atoms with E-state index in [1.165, 1.54) is 42.5 Å². The average molecular weight is 565 g/mol. The summed E-state index contributed by atoms with van der Waals surface area (Å²) >= 11 is -2.78. The first-order chi connectivity index (χ1) is 17.9. The summed E-state index contributed by atoms with van der Waals surface area (Å²) in [5.74, 6) is 0.0871. The Morgan fingerprint density at radius 3 is 2.05 bits per heavy atom. The number of halogens is 3. The highest BCUT2D eigenvalue weighted by atomic mass is 32.2. The molecule has 0 spiro atoms. The van der Waals surface area contributed by atoms with E-state index in [0.29, 0.717) is 16.9 Å². The number of alkyl halides is 3. The summed E-state index contributed by atoms with van der Waals surface area (Å²) in [4.78, 5) is -0.487. The number of nitrogens with zero attached hydrogens (tertiary/aromatic N) is 1. The molecule has 13 heteroatoms. The Morgan fingerprint density at radius 1 is 0.789 bits per heavy atom.